The van der Waals surface area contributed by atoms with Crippen molar-refractivity contribution in [2.45, 2.75) is 0 Å². The molecule has 0 bridgehead atoms. The Morgan fingerprint density at radius 3 is 1.25 bits per heavy atom. The van der Waals surface area contributed by atoms with Gasteiger partial charge in [0.2, 0.25) is 0 Å². The first-order valence-electron chi connectivity index (χ1n) is 0.136. The van der Waals surface area contributed by atoms with Crippen LogP contribution in [0, 0.1) is 0 Å². The molecule has 1 radical (unpaired) electrons. The van der Waals surface area contributed by atoms with E-state index in [9.17, 15) is 0 Å². The van der Waals surface area contributed by atoms with Crippen LogP contribution in [-0.2, 0) is 36.0 Å². The Bertz CT molecular complexity index is 8.00. The zero-order chi connectivity index (χ0) is 2.00. The molecule has 0 saturated carbocycles. The molecule has 0 heterocycles. The fourth-order valence-corrected chi connectivity index (χ4v) is 0. The third kappa shape index (κ3) is 10.00. The van der Waals surface area contributed by atoms with E-state index in [-0.39, 0.29) is 35.4 Å². The van der Waals surface area contributed by atoms with E-state index < -0.39 is 0 Å². The molecule has 4 heavy (non-hydrogen) atoms. The van der Waals surface area contributed by atoms with Crippen LogP contribution >= 0.6 is 0 Å². The number of rotatable bonds is 0. The van der Waals surface area contributed by atoms with E-state index in [1.165, 1.54) is 0 Å². The normalized spacial score (nSPS) is 1.25. The van der Waals surface area contributed by atoms with E-state index in [1.54, 1.807) is 0 Å². The summed E-state index contributed by atoms with van der Waals surface area (Å²) in [6.07, 6.45) is 0. The van der Waals surface area contributed by atoms with Crippen LogP contribution in [0.1, 0.15) is 0 Å². The fourth-order valence-electron chi connectivity index (χ4n) is 0. The quantitative estimate of drug-likeness (QED) is 0.415. The van der Waals surface area contributed by atoms with E-state index in [0.717, 1.165) is 0 Å². The first-order chi connectivity index (χ1) is 1.00. The van der Waals surface area contributed by atoms with Crippen molar-refractivity contribution in [2.24, 2.45) is 0 Å². The third-order valence-electron chi connectivity index (χ3n) is 0. The van der Waals surface area contributed by atoms with Crippen molar-refractivity contribution >= 4 is 18.9 Å². The van der Waals surface area contributed by atoms with Crippen molar-refractivity contribution in [3.8, 4) is 0 Å². The van der Waals surface area contributed by atoms with Crippen LogP contribution in [0.4, 0.5) is 0 Å². The fraction of sp³-hybridized carbons (Fsp3) is 0. The second-order valence-corrected chi connectivity index (χ2v) is 0. The van der Waals surface area contributed by atoms with Crippen LogP contribution in [0.15, 0.2) is 0 Å². The predicted molar refractivity (Wildman–Crippen MR) is 6.44 cm³/mol. The number of hydrogen-bond donors (Lipinski definition) is 0. The van der Waals surface area contributed by atoms with Crippen LogP contribution in [0.5, 0.6) is 0 Å². The summed E-state index contributed by atoms with van der Waals surface area (Å²) in [7, 11) is 0. The summed E-state index contributed by atoms with van der Waals surface area (Å²) in [6.45, 7) is 0. The Morgan fingerprint density at radius 1 is 1.25 bits per heavy atom. The van der Waals surface area contributed by atoms with E-state index in [0.29, 0.717) is 0 Å². The average Bonchev–Trinajstić information content (AvgIpc) is 1.00. The van der Waals surface area contributed by atoms with E-state index >= 15 is 0 Å². The van der Waals surface area contributed by atoms with Gasteiger partial charge in [-0.15, -0.1) is 0 Å². The molecule has 0 aromatic carbocycles. The Labute approximate surface area is 54.8 Å². The van der Waals surface area contributed by atoms with Gasteiger partial charge < -0.3 is 0 Å². The molecule has 0 saturated heterocycles. The SMILES string of the molecule is [Li].[Ni].[O]=[Co]. The second-order valence-electron chi connectivity index (χ2n) is 0. The molecule has 0 aliphatic carbocycles. The van der Waals surface area contributed by atoms with Gasteiger partial charge in [0.15, 0.2) is 0 Å². The van der Waals surface area contributed by atoms with Crippen molar-refractivity contribution in [2.75, 3.05) is 0 Å². The van der Waals surface area contributed by atoms with Gasteiger partial charge in [-0.05, 0) is 0 Å². The summed E-state index contributed by atoms with van der Waals surface area (Å²) in [5.41, 5.74) is 0. The van der Waals surface area contributed by atoms with Crippen LogP contribution in [0.25, 0.3) is 0 Å². The topological polar surface area (TPSA) is 17.1 Å². The van der Waals surface area contributed by atoms with E-state index in [2.05, 4.69) is 15.7 Å². The minimum absolute atomic E-state index is 0. The van der Waals surface area contributed by atoms with E-state index in [4.69, 9.17) is 3.87 Å². The monoisotopic (exact) mass is 140 g/mol. The number of hydrogen-bond acceptors (Lipinski definition) is 1. The predicted octanol–water partition coefficient (Wildman–Crippen LogP) is -0.505. The molecule has 0 amide bonds. The third-order valence-corrected chi connectivity index (χ3v) is 0. The zero-order valence-electron chi connectivity index (χ0n) is 2.06. The summed E-state index contributed by atoms with van der Waals surface area (Å²) in [5.74, 6) is 0. The molecular weight excluding hydrogens is 141 g/mol. The van der Waals surface area contributed by atoms with Crippen molar-refractivity contribution in [3.63, 3.8) is 0 Å². The molecule has 0 aromatic rings. The first kappa shape index (κ1) is 18.2. The van der Waals surface area contributed by atoms with Crippen LogP contribution < -0.4 is 0 Å². The van der Waals surface area contributed by atoms with Gasteiger partial charge in [-0.1, -0.05) is 0 Å². The standard InChI is InChI=1S/Co.Li.Ni.O. The first-order valence-corrected chi connectivity index (χ1v) is 0.561. The summed E-state index contributed by atoms with van der Waals surface area (Å²) in [4.78, 5) is 0. The Kier molecular flexibility index (Phi) is 118. The van der Waals surface area contributed by atoms with Gasteiger partial charge in [-0.3, -0.25) is 0 Å². The molecule has 0 spiro atoms. The zero-order valence-corrected chi connectivity index (χ0v) is 4.09. The summed E-state index contributed by atoms with van der Waals surface area (Å²) >= 11 is 2.31. The summed E-state index contributed by atoms with van der Waals surface area (Å²) < 4.78 is 7.94. The van der Waals surface area contributed by atoms with Gasteiger partial charge >= 0.3 is 19.5 Å². The second kappa shape index (κ2) is 26.0. The Balaban J connectivity index is -0.00000000500. The molecule has 0 aliphatic heterocycles. The van der Waals surface area contributed by atoms with Crippen LogP contribution in [-0.4, -0.2) is 18.9 Å². The van der Waals surface area contributed by atoms with Crippen molar-refractivity contribution in [1.29, 1.82) is 0 Å². The van der Waals surface area contributed by atoms with Gasteiger partial charge in [-0.2, -0.15) is 0 Å². The molecule has 0 unspecified atom stereocenters. The average molecular weight is 141 g/mol. The molecule has 0 fully saturated rings. The Hall–Kier alpha value is 1.40. The molecule has 0 rings (SSSR count). The molecule has 0 atom stereocenters. The molecule has 0 aliphatic rings. The van der Waals surface area contributed by atoms with Crippen molar-refractivity contribution < 1.29 is 36.0 Å². The van der Waals surface area contributed by atoms with Crippen molar-refractivity contribution in [1.82, 2.24) is 0 Å². The van der Waals surface area contributed by atoms with Gasteiger partial charge in [0.25, 0.3) is 0 Å². The van der Waals surface area contributed by atoms with Crippen LogP contribution in [0.3, 0.4) is 0 Å². The molecular formula is CoLiNiO. The minimum atomic E-state index is 0. The van der Waals surface area contributed by atoms with Crippen molar-refractivity contribution in [3.05, 3.63) is 0 Å². The molecule has 4 heteroatoms. The van der Waals surface area contributed by atoms with E-state index in [1.807, 2.05) is 0 Å². The van der Waals surface area contributed by atoms with Crippen LogP contribution in [0.2, 0.25) is 0 Å². The molecule has 0 aromatic heterocycles. The Morgan fingerprint density at radius 2 is 1.25 bits per heavy atom. The van der Waals surface area contributed by atoms with Gasteiger partial charge in [-0.25, -0.2) is 0 Å². The maximum absolute atomic E-state index is 7.94. The van der Waals surface area contributed by atoms with Gasteiger partial charge in [0, 0.05) is 35.4 Å². The molecule has 1 nitrogen and oxygen atoms in total. The molecule has 26 valence electrons. The van der Waals surface area contributed by atoms with Gasteiger partial charge in [0.1, 0.15) is 0 Å². The summed E-state index contributed by atoms with van der Waals surface area (Å²) in [6, 6.07) is 0. The maximum atomic E-state index is 7.94. The summed E-state index contributed by atoms with van der Waals surface area (Å²) in [5, 5.41) is 0. The molecule has 0 N–H and O–H groups in total. The van der Waals surface area contributed by atoms with Gasteiger partial charge in [0.05, 0.1) is 0 Å².